The minimum atomic E-state index is -3.79. The van der Waals surface area contributed by atoms with Crippen molar-refractivity contribution in [1.29, 1.82) is 0 Å². The van der Waals surface area contributed by atoms with Gasteiger partial charge >= 0.3 is 6.09 Å². The normalized spacial score (nSPS) is 14.7. The Morgan fingerprint density at radius 1 is 1.37 bits per heavy atom. The molecule has 0 aliphatic carbocycles. The number of ether oxygens (including phenoxy) is 1. The summed E-state index contributed by atoms with van der Waals surface area (Å²) in [6, 6.07) is 2.92. The van der Waals surface area contributed by atoms with Gasteiger partial charge in [-0.3, -0.25) is 5.32 Å². The summed E-state index contributed by atoms with van der Waals surface area (Å²) in [4.78, 5) is 16.7. The van der Waals surface area contributed by atoms with Crippen molar-refractivity contribution in [2.75, 3.05) is 18.5 Å². The van der Waals surface area contributed by atoms with Gasteiger partial charge in [-0.15, -0.1) is 0 Å². The molecule has 0 atom stereocenters. The van der Waals surface area contributed by atoms with Crippen molar-refractivity contribution >= 4 is 55.8 Å². The van der Waals surface area contributed by atoms with Gasteiger partial charge in [0.15, 0.2) is 5.13 Å². The highest BCUT2D eigenvalue weighted by molar-refractivity contribution is 7.89. The van der Waals surface area contributed by atoms with Crippen molar-refractivity contribution < 1.29 is 17.9 Å². The number of carbonyl (C=O) groups is 1. The number of carbonyl (C=O) groups excluding carboxylic acids is 1. The Morgan fingerprint density at radius 2 is 2.11 bits per heavy atom. The number of fused-ring (bicyclic) bond motifs is 1. The fourth-order valence-corrected chi connectivity index (χ4v) is 5.96. The molecule has 0 fully saturated rings. The van der Waals surface area contributed by atoms with Crippen molar-refractivity contribution in [3.8, 4) is 0 Å². The highest BCUT2D eigenvalue weighted by Gasteiger charge is 2.32. The fourth-order valence-electron chi connectivity index (χ4n) is 2.65. The van der Waals surface area contributed by atoms with E-state index in [9.17, 15) is 13.2 Å². The number of nitrogens with zero attached hydrogens (tertiary/aromatic N) is 2. The number of nitrogens with one attached hydrogen (secondary N) is 1. The molecule has 1 amide bonds. The van der Waals surface area contributed by atoms with Gasteiger partial charge < -0.3 is 4.74 Å². The summed E-state index contributed by atoms with van der Waals surface area (Å²) in [6.45, 7) is 4.12. The van der Waals surface area contributed by atoms with Crippen LogP contribution in [0.15, 0.2) is 17.0 Å². The zero-order valence-corrected chi connectivity index (χ0v) is 17.7. The van der Waals surface area contributed by atoms with Crippen LogP contribution >= 0.6 is 34.5 Å². The minimum Gasteiger partial charge on any atom is -0.450 e. The third-order valence-corrected chi connectivity index (χ3v) is 7.73. The second-order valence-corrected chi connectivity index (χ2v) is 9.66. The molecular weight excluding hydrogens is 433 g/mol. The van der Waals surface area contributed by atoms with Crippen LogP contribution in [0.2, 0.25) is 10.0 Å². The lowest BCUT2D eigenvalue weighted by Gasteiger charge is -2.26. The highest BCUT2D eigenvalue weighted by atomic mass is 35.5. The van der Waals surface area contributed by atoms with Crippen LogP contribution in [-0.2, 0) is 27.7 Å². The molecule has 0 saturated heterocycles. The van der Waals surface area contributed by atoms with Crippen molar-refractivity contribution in [3.05, 3.63) is 38.3 Å². The molecule has 2 heterocycles. The van der Waals surface area contributed by atoms with E-state index in [4.69, 9.17) is 27.9 Å². The quantitative estimate of drug-likeness (QED) is 0.759. The predicted octanol–water partition coefficient (Wildman–Crippen LogP) is 4.07. The summed E-state index contributed by atoms with van der Waals surface area (Å²) in [5.74, 6) is 0. The average Bonchev–Trinajstić information content (AvgIpc) is 2.99. The summed E-state index contributed by atoms with van der Waals surface area (Å²) >= 11 is 13.4. The number of aromatic nitrogens is 1. The maximum atomic E-state index is 13.0. The number of halogens is 2. The molecule has 27 heavy (non-hydrogen) atoms. The Hall–Kier alpha value is -1.39. The Bertz CT molecular complexity index is 992. The van der Waals surface area contributed by atoms with Crippen molar-refractivity contribution in [2.45, 2.75) is 31.7 Å². The zero-order valence-electron chi connectivity index (χ0n) is 14.6. The van der Waals surface area contributed by atoms with Gasteiger partial charge in [-0.25, -0.2) is 18.2 Å². The molecule has 3 rings (SSSR count). The van der Waals surface area contributed by atoms with Crippen LogP contribution in [0.1, 0.15) is 23.1 Å². The van der Waals surface area contributed by atoms with E-state index < -0.39 is 16.1 Å². The lowest BCUT2D eigenvalue weighted by molar-refractivity contribution is 0.168. The van der Waals surface area contributed by atoms with Crippen LogP contribution in [0.5, 0.6) is 0 Å². The smallest absolute Gasteiger partial charge is 0.413 e. The molecule has 1 aliphatic rings. The number of benzene rings is 1. The molecule has 0 unspecified atom stereocenters. The van der Waals surface area contributed by atoms with Crippen molar-refractivity contribution in [1.82, 2.24) is 9.29 Å². The summed E-state index contributed by atoms with van der Waals surface area (Å²) in [5, 5.41) is 3.44. The number of amides is 1. The molecule has 2 aromatic rings. The van der Waals surface area contributed by atoms with E-state index in [1.165, 1.54) is 27.8 Å². The molecule has 0 spiro atoms. The van der Waals surface area contributed by atoms with Crippen LogP contribution in [0.4, 0.5) is 9.93 Å². The number of anilines is 1. The number of hydrogen-bond donors (Lipinski definition) is 1. The lowest BCUT2D eigenvalue weighted by atomic mass is 10.2. The standard InChI is InChI=1S/C16H17Cl2N3O4S2/c1-3-25-16(22)20-15-19-12-4-5-21(8-13(12)26-15)27(23,24)14-6-9(2)10(17)7-11(14)18/h6-7H,3-5,8H2,1-2H3,(H,19,20,22). The van der Waals surface area contributed by atoms with E-state index in [0.29, 0.717) is 22.1 Å². The number of aryl methyl sites for hydroxylation is 1. The van der Waals surface area contributed by atoms with Gasteiger partial charge in [-0.05, 0) is 31.5 Å². The predicted molar refractivity (Wildman–Crippen MR) is 105 cm³/mol. The Kier molecular flexibility index (Phi) is 5.97. The maximum Gasteiger partial charge on any atom is 0.413 e. The van der Waals surface area contributed by atoms with Crippen molar-refractivity contribution in [2.24, 2.45) is 0 Å². The molecule has 0 bridgehead atoms. The summed E-state index contributed by atoms with van der Waals surface area (Å²) in [7, 11) is -3.79. The largest absolute Gasteiger partial charge is 0.450 e. The minimum absolute atomic E-state index is 0.0314. The average molecular weight is 450 g/mol. The van der Waals surface area contributed by atoms with Crippen LogP contribution in [-0.4, -0.2) is 37.0 Å². The SMILES string of the molecule is CCOC(=O)Nc1nc2c(s1)CN(S(=O)(=O)c1cc(C)c(Cl)cc1Cl)CC2. The summed E-state index contributed by atoms with van der Waals surface area (Å²) in [6.07, 6.45) is -0.142. The van der Waals surface area contributed by atoms with Crippen LogP contribution in [0.25, 0.3) is 0 Å². The monoisotopic (exact) mass is 449 g/mol. The highest BCUT2D eigenvalue weighted by Crippen LogP contribution is 2.34. The first-order valence-electron chi connectivity index (χ1n) is 8.10. The summed E-state index contributed by atoms with van der Waals surface area (Å²) < 4.78 is 32.3. The van der Waals surface area contributed by atoms with Gasteiger partial charge in [0.1, 0.15) is 4.90 Å². The van der Waals surface area contributed by atoms with Crippen molar-refractivity contribution in [3.63, 3.8) is 0 Å². The number of sulfonamides is 1. The van der Waals surface area contributed by atoms with Gasteiger partial charge in [0.2, 0.25) is 10.0 Å². The first-order chi connectivity index (χ1) is 12.7. The van der Waals surface area contributed by atoms with Crippen LogP contribution in [0.3, 0.4) is 0 Å². The first-order valence-corrected chi connectivity index (χ1v) is 11.1. The number of rotatable bonds is 4. The lowest BCUT2D eigenvalue weighted by Crippen LogP contribution is -2.35. The third-order valence-electron chi connectivity index (χ3n) is 4.01. The number of thiazole rings is 1. The second kappa shape index (κ2) is 7.92. The van der Waals surface area contributed by atoms with Gasteiger partial charge in [-0.2, -0.15) is 4.31 Å². The van der Waals surface area contributed by atoms with Gasteiger partial charge in [0.05, 0.1) is 23.9 Å². The molecule has 146 valence electrons. The van der Waals surface area contributed by atoms with E-state index in [1.807, 2.05) is 0 Å². The molecular formula is C16H17Cl2N3O4S2. The topological polar surface area (TPSA) is 88.6 Å². The molecule has 0 saturated carbocycles. The van der Waals surface area contributed by atoms with E-state index in [2.05, 4.69) is 10.3 Å². The maximum absolute atomic E-state index is 13.0. The molecule has 1 aromatic heterocycles. The Balaban J connectivity index is 1.84. The molecule has 0 radical (unpaired) electrons. The van der Waals surface area contributed by atoms with Gasteiger partial charge in [0.25, 0.3) is 0 Å². The van der Waals surface area contributed by atoms with Crippen LogP contribution < -0.4 is 5.32 Å². The van der Waals surface area contributed by atoms with Gasteiger partial charge in [-0.1, -0.05) is 34.5 Å². The molecule has 11 heteroatoms. The van der Waals surface area contributed by atoms with Gasteiger partial charge in [0, 0.05) is 22.9 Å². The molecule has 1 N–H and O–H groups in total. The van der Waals surface area contributed by atoms with E-state index in [-0.39, 0.29) is 29.6 Å². The zero-order chi connectivity index (χ0) is 19.8. The fraction of sp³-hybridized carbons (Fsp3) is 0.375. The first kappa shape index (κ1) is 20.3. The molecule has 1 aromatic carbocycles. The summed E-state index contributed by atoms with van der Waals surface area (Å²) in [5.41, 5.74) is 1.41. The van der Waals surface area contributed by atoms with Crippen LogP contribution in [0, 0.1) is 6.92 Å². The molecule has 1 aliphatic heterocycles. The van der Waals surface area contributed by atoms with E-state index in [0.717, 1.165) is 10.6 Å². The second-order valence-electron chi connectivity index (χ2n) is 5.85. The third kappa shape index (κ3) is 4.22. The molecule has 7 nitrogen and oxygen atoms in total. The Labute approximate surface area is 171 Å². The van der Waals surface area contributed by atoms with E-state index >= 15 is 0 Å². The number of hydrogen-bond acceptors (Lipinski definition) is 6. The Morgan fingerprint density at radius 3 is 2.81 bits per heavy atom. The van der Waals surface area contributed by atoms with E-state index in [1.54, 1.807) is 13.8 Å².